The summed E-state index contributed by atoms with van der Waals surface area (Å²) in [4.78, 5) is 36.0. The normalized spacial score (nSPS) is 15.0. The predicted octanol–water partition coefficient (Wildman–Crippen LogP) is 2.42. The molecule has 1 aliphatic rings. The zero-order chi connectivity index (χ0) is 25.2. The molecule has 1 atom stereocenters. The van der Waals surface area contributed by atoms with E-state index in [1.807, 2.05) is 6.92 Å². The van der Waals surface area contributed by atoms with Crippen LogP contribution in [0.4, 0.5) is 5.69 Å². The van der Waals surface area contributed by atoms with Gasteiger partial charge in [-0.3, -0.25) is 14.4 Å². The molecule has 3 N–H and O–H groups in total. The summed E-state index contributed by atoms with van der Waals surface area (Å²) in [6.07, 6.45) is 3.09. The quantitative estimate of drug-likeness (QED) is 0.274. The number of hydrogen-bond donors (Lipinski definition) is 3. The van der Waals surface area contributed by atoms with E-state index in [1.54, 1.807) is 36.4 Å². The Morgan fingerprint density at radius 1 is 1.20 bits per heavy atom. The highest BCUT2D eigenvalue weighted by molar-refractivity contribution is 6.35. The summed E-state index contributed by atoms with van der Waals surface area (Å²) < 4.78 is 16.3. The smallest absolute Gasteiger partial charge is 0.329 e. The Bertz CT molecular complexity index is 1100. The standard InChI is InChI=1S/C24H27ClN4O6/c1-15-18(25)6-3-7-19(15)28-22(30)14-35-20-9-8-16(11-21(20)33-2)12-27-29-24(32)23(31)26-13-17-5-4-10-34-17/h3,6-9,11-12,17H,4-5,10,13-14H2,1-2H3,(H,26,31)(H,28,30)(H,29,32)/b27-12-/t17-/m0/s1. The number of rotatable bonds is 9. The summed E-state index contributed by atoms with van der Waals surface area (Å²) in [6, 6.07) is 10.1. The second kappa shape index (κ2) is 12.7. The molecule has 2 aromatic rings. The molecule has 0 aromatic heterocycles. The van der Waals surface area contributed by atoms with Gasteiger partial charge in [0.2, 0.25) is 0 Å². The molecule has 0 aliphatic carbocycles. The van der Waals surface area contributed by atoms with E-state index in [0.29, 0.717) is 34.4 Å². The lowest BCUT2D eigenvalue weighted by molar-refractivity contribution is -0.139. The fourth-order valence-corrected chi connectivity index (χ4v) is 3.44. The van der Waals surface area contributed by atoms with Crippen LogP contribution in [0, 0.1) is 6.92 Å². The van der Waals surface area contributed by atoms with Gasteiger partial charge in [0.15, 0.2) is 18.1 Å². The minimum absolute atomic E-state index is 0.0597. The maximum atomic E-state index is 12.3. The highest BCUT2D eigenvalue weighted by atomic mass is 35.5. The highest BCUT2D eigenvalue weighted by Gasteiger charge is 2.19. The number of ether oxygens (including phenoxy) is 3. The molecule has 1 fully saturated rings. The average Bonchev–Trinajstić information content (AvgIpc) is 3.38. The Balaban J connectivity index is 1.49. The first-order valence-corrected chi connectivity index (χ1v) is 11.3. The third-order valence-corrected chi connectivity index (χ3v) is 5.60. The van der Waals surface area contributed by atoms with Gasteiger partial charge in [-0.05, 0) is 61.2 Å². The first kappa shape index (κ1) is 26.0. The fraction of sp³-hybridized carbons (Fsp3) is 0.333. The van der Waals surface area contributed by atoms with Crippen LogP contribution in [0.5, 0.6) is 11.5 Å². The zero-order valence-corrected chi connectivity index (χ0v) is 20.2. The number of carbonyl (C=O) groups is 3. The van der Waals surface area contributed by atoms with Crippen molar-refractivity contribution >= 4 is 41.2 Å². The minimum Gasteiger partial charge on any atom is -0.493 e. The summed E-state index contributed by atoms with van der Waals surface area (Å²) in [6.45, 7) is 2.51. The van der Waals surface area contributed by atoms with E-state index in [2.05, 4.69) is 21.2 Å². The maximum Gasteiger partial charge on any atom is 0.329 e. The molecular weight excluding hydrogens is 476 g/mol. The van der Waals surface area contributed by atoms with Crippen molar-refractivity contribution in [3.63, 3.8) is 0 Å². The molecule has 10 nitrogen and oxygen atoms in total. The van der Waals surface area contributed by atoms with Gasteiger partial charge in [-0.25, -0.2) is 5.43 Å². The third-order valence-electron chi connectivity index (χ3n) is 5.19. The topological polar surface area (TPSA) is 127 Å². The van der Waals surface area contributed by atoms with Crippen LogP contribution in [0.2, 0.25) is 5.02 Å². The molecular formula is C24H27ClN4O6. The van der Waals surface area contributed by atoms with E-state index in [9.17, 15) is 14.4 Å². The van der Waals surface area contributed by atoms with Gasteiger partial charge in [0, 0.05) is 23.9 Å². The van der Waals surface area contributed by atoms with Crippen molar-refractivity contribution in [2.75, 3.05) is 32.2 Å². The van der Waals surface area contributed by atoms with Crippen LogP contribution in [-0.2, 0) is 19.1 Å². The molecule has 0 spiro atoms. The number of hydrogen-bond acceptors (Lipinski definition) is 7. The Morgan fingerprint density at radius 3 is 2.77 bits per heavy atom. The second-order valence-electron chi connectivity index (χ2n) is 7.70. The Morgan fingerprint density at radius 2 is 2.03 bits per heavy atom. The summed E-state index contributed by atoms with van der Waals surface area (Å²) in [5.41, 5.74) is 4.11. The SMILES string of the molecule is COc1cc(/C=N\NC(=O)C(=O)NC[C@@H]2CCCO2)ccc1OCC(=O)Nc1cccc(Cl)c1C. The summed E-state index contributed by atoms with van der Waals surface area (Å²) >= 11 is 6.07. The number of hydrazone groups is 1. The lowest BCUT2D eigenvalue weighted by atomic mass is 10.2. The number of halogens is 1. The van der Waals surface area contributed by atoms with Crippen LogP contribution in [0.15, 0.2) is 41.5 Å². The van der Waals surface area contributed by atoms with Crippen LogP contribution in [-0.4, -0.2) is 56.9 Å². The first-order valence-electron chi connectivity index (χ1n) is 11.0. The van der Waals surface area contributed by atoms with Gasteiger partial charge >= 0.3 is 11.8 Å². The van der Waals surface area contributed by atoms with E-state index in [-0.39, 0.29) is 25.2 Å². The molecule has 11 heteroatoms. The Hall–Kier alpha value is -3.63. The van der Waals surface area contributed by atoms with Gasteiger partial charge in [-0.2, -0.15) is 5.10 Å². The molecule has 35 heavy (non-hydrogen) atoms. The van der Waals surface area contributed by atoms with Crippen molar-refractivity contribution in [3.8, 4) is 11.5 Å². The number of benzene rings is 2. The molecule has 1 heterocycles. The highest BCUT2D eigenvalue weighted by Crippen LogP contribution is 2.28. The molecule has 3 rings (SSSR count). The number of nitrogens with one attached hydrogen (secondary N) is 3. The van der Waals surface area contributed by atoms with Gasteiger partial charge in [-0.1, -0.05) is 17.7 Å². The molecule has 3 amide bonds. The van der Waals surface area contributed by atoms with Crippen molar-refractivity contribution in [1.29, 1.82) is 0 Å². The second-order valence-corrected chi connectivity index (χ2v) is 8.11. The van der Waals surface area contributed by atoms with Gasteiger partial charge in [0.25, 0.3) is 5.91 Å². The number of anilines is 1. The minimum atomic E-state index is -0.882. The molecule has 186 valence electrons. The molecule has 1 saturated heterocycles. The van der Waals surface area contributed by atoms with Gasteiger partial charge in [0.1, 0.15) is 0 Å². The molecule has 1 aliphatic heterocycles. The maximum absolute atomic E-state index is 12.3. The van der Waals surface area contributed by atoms with Crippen molar-refractivity contribution in [2.45, 2.75) is 25.9 Å². The van der Waals surface area contributed by atoms with Crippen molar-refractivity contribution < 1.29 is 28.6 Å². The largest absolute Gasteiger partial charge is 0.493 e. The van der Waals surface area contributed by atoms with Crippen LogP contribution >= 0.6 is 11.6 Å². The number of carbonyl (C=O) groups excluding carboxylic acids is 3. The van der Waals surface area contributed by atoms with Gasteiger partial charge < -0.3 is 24.8 Å². The van der Waals surface area contributed by atoms with E-state index in [1.165, 1.54) is 13.3 Å². The van der Waals surface area contributed by atoms with E-state index >= 15 is 0 Å². The van der Waals surface area contributed by atoms with Gasteiger partial charge in [0.05, 0.1) is 19.4 Å². The first-order chi connectivity index (χ1) is 16.9. The van der Waals surface area contributed by atoms with E-state index in [4.69, 9.17) is 25.8 Å². The molecule has 0 saturated carbocycles. The van der Waals surface area contributed by atoms with Crippen LogP contribution in [0.25, 0.3) is 0 Å². The molecule has 2 aromatic carbocycles. The lowest BCUT2D eigenvalue weighted by Crippen LogP contribution is -2.41. The number of nitrogens with zero attached hydrogens (tertiary/aromatic N) is 1. The van der Waals surface area contributed by atoms with Crippen molar-refractivity contribution in [3.05, 3.63) is 52.5 Å². The number of methoxy groups -OCH3 is 1. The van der Waals surface area contributed by atoms with E-state index in [0.717, 1.165) is 18.4 Å². The lowest BCUT2D eigenvalue weighted by Gasteiger charge is -2.12. The Labute approximate surface area is 208 Å². The number of amides is 3. The summed E-state index contributed by atoms with van der Waals surface area (Å²) in [7, 11) is 1.46. The fourth-order valence-electron chi connectivity index (χ4n) is 3.26. The molecule has 0 radical (unpaired) electrons. The zero-order valence-electron chi connectivity index (χ0n) is 19.4. The molecule has 0 bridgehead atoms. The van der Waals surface area contributed by atoms with Crippen LogP contribution in [0.3, 0.4) is 0 Å². The van der Waals surface area contributed by atoms with Crippen LogP contribution < -0.4 is 25.5 Å². The van der Waals surface area contributed by atoms with Gasteiger partial charge in [-0.15, -0.1) is 0 Å². The van der Waals surface area contributed by atoms with E-state index < -0.39 is 11.8 Å². The molecule has 0 unspecified atom stereocenters. The monoisotopic (exact) mass is 502 g/mol. The van der Waals surface area contributed by atoms with Crippen molar-refractivity contribution in [1.82, 2.24) is 10.7 Å². The average molecular weight is 503 g/mol. The predicted molar refractivity (Wildman–Crippen MR) is 131 cm³/mol. The third kappa shape index (κ3) is 7.69. The van der Waals surface area contributed by atoms with Crippen molar-refractivity contribution in [2.24, 2.45) is 5.10 Å². The Kier molecular flexibility index (Phi) is 9.45. The summed E-state index contributed by atoms with van der Waals surface area (Å²) in [5.74, 6) is -1.32. The van der Waals surface area contributed by atoms with Crippen LogP contribution in [0.1, 0.15) is 24.0 Å². The summed E-state index contributed by atoms with van der Waals surface area (Å²) in [5, 5.41) is 9.62.